The van der Waals surface area contributed by atoms with E-state index in [1.165, 1.54) is 12.1 Å². The largest absolute Gasteiger partial charge is 0.508 e. The van der Waals surface area contributed by atoms with Crippen LogP contribution in [0.2, 0.25) is 0 Å². The van der Waals surface area contributed by atoms with Crippen molar-refractivity contribution in [1.29, 1.82) is 0 Å². The zero-order chi connectivity index (χ0) is 16.1. The number of phenolic OH excluding ortho intramolecular Hbond substituents is 2. The molecule has 0 bridgehead atoms. The summed E-state index contributed by atoms with van der Waals surface area (Å²) in [5.41, 5.74) is 1.31. The number of hydrogen-bond acceptors (Lipinski definition) is 5. The van der Waals surface area contributed by atoms with Gasteiger partial charge in [0.15, 0.2) is 5.78 Å². The van der Waals surface area contributed by atoms with Crippen molar-refractivity contribution in [2.75, 3.05) is 14.2 Å². The van der Waals surface area contributed by atoms with Gasteiger partial charge in [0, 0.05) is 20.3 Å². The van der Waals surface area contributed by atoms with Crippen molar-refractivity contribution in [2.24, 2.45) is 0 Å². The maximum atomic E-state index is 12.0. The predicted molar refractivity (Wildman–Crippen MR) is 81.5 cm³/mol. The first kappa shape index (κ1) is 15.9. The second-order valence-corrected chi connectivity index (χ2v) is 4.91. The summed E-state index contributed by atoms with van der Waals surface area (Å²) in [6.45, 7) is 0. The normalized spacial score (nSPS) is 16.1. The van der Waals surface area contributed by atoms with Crippen LogP contribution < -0.4 is 4.74 Å². The van der Waals surface area contributed by atoms with Gasteiger partial charge in [-0.3, -0.25) is 4.79 Å². The minimum atomic E-state index is -0.387. The third-order valence-corrected chi connectivity index (χ3v) is 3.17. The quantitative estimate of drug-likeness (QED) is 0.846. The Balaban J connectivity index is 0.000000545. The van der Waals surface area contributed by atoms with Crippen molar-refractivity contribution in [3.8, 4) is 17.2 Å². The molecule has 1 aliphatic heterocycles. The lowest BCUT2D eigenvalue weighted by atomic mass is 9.96. The van der Waals surface area contributed by atoms with Crippen LogP contribution in [-0.2, 0) is 4.74 Å². The van der Waals surface area contributed by atoms with Crippen LogP contribution in [0.25, 0.3) is 0 Å². The second-order valence-electron chi connectivity index (χ2n) is 4.91. The van der Waals surface area contributed by atoms with Gasteiger partial charge in [-0.05, 0) is 29.8 Å². The minimum absolute atomic E-state index is 0.0145. The molecule has 2 aromatic rings. The molecule has 0 radical (unpaired) electrons. The Morgan fingerprint density at radius 3 is 2.27 bits per heavy atom. The molecular weight excluding hydrogens is 284 g/mol. The molecule has 1 heterocycles. The summed E-state index contributed by atoms with van der Waals surface area (Å²) in [7, 11) is 3.25. The first-order valence-corrected chi connectivity index (χ1v) is 6.77. The summed E-state index contributed by atoms with van der Waals surface area (Å²) >= 11 is 0. The lowest BCUT2D eigenvalue weighted by molar-refractivity contribution is 0.0849. The number of fused-ring (bicyclic) bond motifs is 1. The molecule has 3 rings (SSSR count). The highest BCUT2D eigenvalue weighted by Gasteiger charge is 2.27. The average Bonchev–Trinajstić information content (AvgIpc) is 2.48. The lowest BCUT2D eigenvalue weighted by Gasteiger charge is -2.25. The van der Waals surface area contributed by atoms with E-state index in [4.69, 9.17) is 4.74 Å². The van der Waals surface area contributed by atoms with E-state index in [-0.39, 0.29) is 29.8 Å². The SMILES string of the molecule is COC.O=C1C[C@@H](c2ccc(O)cc2)Oc2cc(O)ccc21. The molecule has 0 fully saturated rings. The first-order valence-electron chi connectivity index (χ1n) is 6.77. The van der Waals surface area contributed by atoms with Crippen LogP contribution in [0.4, 0.5) is 0 Å². The van der Waals surface area contributed by atoms with Gasteiger partial charge in [0.1, 0.15) is 23.4 Å². The van der Waals surface area contributed by atoms with Crippen LogP contribution in [0.15, 0.2) is 42.5 Å². The van der Waals surface area contributed by atoms with Gasteiger partial charge in [0.25, 0.3) is 0 Å². The van der Waals surface area contributed by atoms with E-state index >= 15 is 0 Å². The van der Waals surface area contributed by atoms with E-state index in [0.29, 0.717) is 11.3 Å². The van der Waals surface area contributed by atoms with Crippen LogP contribution in [0.3, 0.4) is 0 Å². The zero-order valence-electron chi connectivity index (χ0n) is 12.4. The summed E-state index contributed by atoms with van der Waals surface area (Å²) in [5.74, 6) is 0.621. The van der Waals surface area contributed by atoms with E-state index in [9.17, 15) is 15.0 Å². The zero-order valence-corrected chi connectivity index (χ0v) is 12.4. The van der Waals surface area contributed by atoms with Crippen LogP contribution >= 0.6 is 0 Å². The molecule has 1 atom stereocenters. The molecule has 0 aromatic heterocycles. The molecule has 5 nitrogen and oxygen atoms in total. The minimum Gasteiger partial charge on any atom is -0.508 e. The Morgan fingerprint density at radius 2 is 1.64 bits per heavy atom. The molecule has 2 N–H and O–H groups in total. The molecule has 0 saturated heterocycles. The number of phenols is 2. The molecule has 0 spiro atoms. The third-order valence-electron chi connectivity index (χ3n) is 3.17. The molecule has 0 amide bonds. The molecule has 0 unspecified atom stereocenters. The van der Waals surface area contributed by atoms with Crippen molar-refractivity contribution < 1.29 is 24.5 Å². The summed E-state index contributed by atoms with van der Waals surface area (Å²) in [6, 6.07) is 11.0. The number of carbonyl (C=O) groups excluding carboxylic acids is 1. The first-order chi connectivity index (χ1) is 10.5. The van der Waals surface area contributed by atoms with Crippen LogP contribution in [0.5, 0.6) is 17.2 Å². The fourth-order valence-electron chi connectivity index (χ4n) is 2.19. The van der Waals surface area contributed by atoms with Gasteiger partial charge < -0.3 is 19.7 Å². The van der Waals surface area contributed by atoms with E-state index < -0.39 is 0 Å². The Morgan fingerprint density at radius 1 is 1.05 bits per heavy atom. The smallest absolute Gasteiger partial charge is 0.170 e. The maximum absolute atomic E-state index is 12.0. The highest BCUT2D eigenvalue weighted by atomic mass is 16.5. The summed E-state index contributed by atoms with van der Waals surface area (Å²) < 4.78 is 10.00. The monoisotopic (exact) mass is 302 g/mol. The average molecular weight is 302 g/mol. The van der Waals surface area contributed by atoms with Gasteiger partial charge in [0.05, 0.1) is 12.0 Å². The fourth-order valence-corrected chi connectivity index (χ4v) is 2.19. The molecule has 116 valence electrons. The number of methoxy groups -OCH3 is 1. The van der Waals surface area contributed by atoms with E-state index in [0.717, 1.165) is 5.56 Å². The molecule has 0 aliphatic carbocycles. The lowest BCUT2D eigenvalue weighted by Crippen LogP contribution is -2.20. The fraction of sp³-hybridized carbons (Fsp3) is 0.235. The maximum Gasteiger partial charge on any atom is 0.170 e. The number of carbonyl (C=O) groups is 1. The number of ketones is 1. The van der Waals surface area contributed by atoms with Gasteiger partial charge in [0.2, 0.25) is 0 Å². The van der Waals surface area contributed by atoms with Crippen molar-refractivity contribution >= 4 is 5.78 Å². The topological polar surface area (TPSA) is 76.0 Å². The highest BCUT2D eigenvalue weighted by Crippen LogP contribution is 2.36. The van der Waals surface area contributed by atoms with Gasteiger partial charge in [-0.15, -0.1) is 0 Å². The number of ether oxygens (including phenoxy) is 2. The van der Waals surface area contributed by atoms with Crippen molar-refractivity contribution in [3.63, 3.8) is 0 Å². The van der Waals surface area contributed by atoms with Gasteiger partial charge in [-0.25, -0.2) is 0 Å². The molecule has 0 saturated carbocycles. The van der Waals surface area contributed by atoms with Gasteiger partial charge in [-0.2, -0.15) is 0 Å². The number of rotatable bonds is 1. The number of hydrogen-bond donors (Lipinski definition) is 2. The molecular formula is C17H18O5. The number of Topliss-reactive ketones (excluding diaryl/α,β-unsaturated/α-hetero) is 1. The molecule has 2 aromatic carbocycles. The van der Waals surface area contributed by atoms with E-state index in [1.54, 1.807) is 44.6 Å². The molecule has 1 aliphatic rings. The van der Waals surface area contributed by atoms with Crippen molar-refractivity contribution in [3.05, 3.63) is 53.6 Å². The summed E-state index contributed by atoms with van der Waals surface area (Å²) in [6.07, 6.45) is -0.134. The van der Waals surface area contributed by atoms with Crippen LogP contribution in [0, 0.1) is 0 Å². The van der Waals surface area contributed by atoms with Crippen LogP contribution in [-0.4, -0.2) is 30.2 Å². The standard InChI is InChI=1S/C15H12O4.C2H6O/c16-10-3-1-9(2-4-10)14-8-13(18)12-6-5-11(17)7-15(12)19-14;1-3-2/h1-7,14,16-17H,8H2;1-2H3/t14-;/m0./s1. The summed E-state index contributed by atoms with van der Waals surface area (Å²) in [4.78, 5) is 12.0. The molecule has 5 heteroatoms. The van der Waals surface area contributed by atoms with Crippen LogP contribution in [0.1, 0.15) is 28.4 Å². The van der Waals surface area contributed by atoms with Gasteiger partial charge in [-0.1, -0.05) is 12.1 Å². The summed E-state index contributed by atoms with van der Waals surface area (Å²) in [5, 5.41) is 18.7. The predicted octanol–water partition coefficient (Wildman–Crippen LogP) is 3.07. The Labute approximate surface area is 128 Å². The van der Waals surface area contributed by atoms with Gasteiger partial charge >= 0.3 is 0 Å². The Hall–Kier alpha value is -2.53. The molecule has 22 heavy (non-hydrogen) atoms. The number of benzene rings is 2. The third kappa shape index (κ3) is 3.56. The van der Waals surface area contributed by atoms with E-state index in [1.807, 2.05) is 0 Å². The number of aromatic hydroxyl groups is 2. The van der Waals surface area contributed by atoms with Crippen molar-refractivity contribution in [2.45, 2.75) is 12.5 Å². The highest BCUT2D eigenvalue weighted by molar-refractivity contribution is 6.00. The Bertz CT molecular complexity index is 649. The Kier molecular flexibility index (Phi) is 5.01. The van der Waals surface area contributed by atoms with E-state index in [2.05, 4.69) is 4.74 Å². The second kappa shape index (κ2) is 6.95. The van der Waals surface area contributed by atoms with Crippen molar-refractivity contribution in [1.82, 2.24) is 0 Å².